The van der Waals surface area contributed by atoms with E-state index in [0.29, 0.717) is 5.54 Å². The summed E-state index contributed by atoms with van der Waals surface area (Å²) < 4.78 is 0. The standard InChI is InChI=1S/C9H19N/c1-4-7-10-8-6-9(10,3)5-2/h4-8H2,1-3H3. The molecular formula is C9H19N. The predicted octanol–water partition coefficient (Wildman–Crippen LogP) is 2.27. The highest BCUT2D eigenvalue weighted by Crippen LogP contribution is 2.32. The maximum absolute atomic E-state index is 2.60. The zero-order chi connectivity index (χ0) is 7.61. The minimum absolute atomic E-state index is 0.565. The van der Waals surface area contributed by atoms with Crippen LogP contribution in [0.4, 0.5) is 0 Å². The average molecular weight is 141 g/mol. The van der Waals surface area contributed by atoms with Crippen LogP contribution in [-0.2, 0) is 0 Å². The fourth-order valence-corrected chi connectivity index (χ4v) is 1.70. The van der Waals surface area contributed by atoms with Gasteiger partial charge in [-0.2, -0.15) is 0 Å². The zero-order valence-electron chi connectivity index (χ0n) is 7.48. The molecule has 1 aliphatic heterocycles. The topological polar surface area (TPSA) is 3.24 Å². The molecule has 0 saturated carbocycles. The van der Waals surface area contributed by atoms with Gasteiger partial charge in [0, 0.05) is 12.1 Å². The fraction of sp³-hybridized carbons (Fsp3) is 1.00. The summed E-state index contributed by atoms with van der Waals surface area (Å²) in [6.45, 7) is 9.56. The van der Waals surface area contributed by atoms with Crippen molar-refractivity contribution in [2.24, 2.45) is 0 Å². The van der Waals surface area contributed by atoms with Gasteiger partial charge in [-0.1, -0.05) is 13.8 Å². The normalized spacial score (nSPS) is 33.9. The van der Waals surface area contributed by atoms with Gasteiger partial charge in [-0.15, -0.1) is 0 Å². The summed E-state index contributed by atoms with van der Waals surface area (Å²) in [5.41, 5.74) is 0.565. The van der Waals surface area contributed by atoms with Gasteiger partial charge in [0.2, 0.25) is 0 Å². The molecular weight excluding hydrogens is 122 g/mol. The number of rotatable bonds is 3. The first kappa shape index (κ1) is 8.06. The van der Waals surface area contributed by atoms with E-state index in [-0.39, 0.29) is 0 Å². The largest absolute Gasteiger partial charge is 0.298 e. The van der Waals surface area contributed by atoms with Gasteiger partial charge in [-0.3, -0.25) is 4.90 Å². The van der Waals surface area contributed by atoms with E-state index in [1.807, 2.05) is 0 Å². The zero-order valence-corrected chi connectivity index (χ0v) is 7.48. The molecule has 1 saturated heterocycles. The van der Waals surface area contributed by atoms with Crippen LogP contribution in [0.3, 0.4) is 0 Å². The molecule has 1 heteroatoms. The van der Waals surface area contributed by atoms with Crippen molar-refractivity contribution in [3.63, 3.8) is 0 Å². The molecule has 1 rings (SSSR count). The summed E-state index contributed by atoms with van der Waals surface area (Å²) in [5.74, 6) is 0. The molecule has 60 valence electrons. The molecule has 10 heavy (non-hydrogen) atoms. The molecule has 1 nitrogen and oxygen atoms in total. The molecule has 0 aromatic rings. The van der Waals surface area contributed by atoms with Crippen LogP contribution in [0, 0.1) is 0 Å². The number of hydrogen-bond acceptors (Lipinski definition) is 1. The lowest BCUT2D eigenvalue weighted by atomic mass is 9.84. The highest BCUT2D eigenvalue weighted by molar-refractivity contribution is 4.94. The quantitative estimate of drug-likeness (QED) is 0.583. The van der Waals surface area contributed by atoms with Crippen molar-refractivity contribution in [2.45, 2.75) is 45.6 Å². The molecule has 0 aromatic heterocycles. The molecule has 0 radical (unpaired) electrons. The first-order valence-corrected chi connectivity index (χ1v) is 4.48. The summed E-state index contributed by atoms with van der Waals surface area (Å²) >= 11 is 0. The van der Waals surface area contributed by atoms with E-state index in [2.05, 4.69) is 25.7 Å². The minimum Gasteiger partial charge on any atom is -0.298 e. The SMILES string of the molecule is CCCN1CCC1(C)CC. The van der Waals surface area contributed by atoms with Gasteiger partial charge in [-0.25, -0.2) is 0 Å². The monoisotopic (exact) mass is 141 g/mol. The predicted molar refractivity (Wildman–Crippen MR) is 45.2 cm³/mol. The molecule has 0 bridgehead atoms. The summed E-state index contributed by atoms with van der Waals surface area (Å²) in [6, 6.07) is 0. The highest BCUT2D eigenvalue weighted by atomic mass is 15.2. The lowest BCUT2D eigenvalue weighted by Gasteiger charge is -2.50. The molecule has 0 spiro atoms. The molecule has 1 unspecified atom stereocenters. The van der Waals surface area contributed by atoms with E-state index in [4.69, 9.17) is 0 Å². The van der Waals surface area contributed by atoms with Crippen LogP contribution in [0.5, 0.6) is 0 Å². The first-order chi connectivity index (χ1) is 4.73. The van der Waals surface area contributed by atoms with Crippen LogP contribution in [-0.4, -0.2) is 23.5 Å². The van der Waals surface area contributed by atoms with E-state index < -0.39 is 0 Å². The second-order valence-corrected chi connectivity index (χ2v) is 3.59. The second-order valence-electron chi connectivity index (χ2n) is 3.59. The van der Waals surface area contributed by atoms with Gasteiger partial charge >= 0.3 is 0 Å². The summed E-state index contributed by atoms with van der Waals surface area (Å²) in [4.78, 5) is 2.60. The van der Waals surface area contributed by atoms with E-state index in [1.165, 1.54) is 32.4 Å². The Hall–Kier alpha value is -0.0400. The Morgan fingerprint density at radius 3 is 2.40 bits per heavy atom. The third-order valence-corrected chi connectivity index (χ3v) is 2.94. The molecule has 1 heterocycles. The van der Waals surface area contributed by atoms with Crippen LogP contribution >= 0.6 is 0 Å². The average Bonchev–Trinajstić information content (AvgIpc) is 1.96. The lowest BCUT2D eigenvalue weighted by molar-refractivity contribution is -0.00213. The fourth-order valence-electron chi connectivity index (χ4n) is 1.70. The Kier molecular flexibility index (Phi) is 2.35. The lowest BCUT2D eigenvalue weighted by Crippen LogP contribution is -2.57. The van der Waals surface area contributed by atoms with Crippen molar-refractivity contribution in [1.82, 2.24) is 4.90 Å². The van der Waals surface area contributed by atoms with Crippen LogP contribution in [0.15, 0.2) is 0 Å². The molecule has 1 fully saturated rings. The maximum atomic E-state index is 2.60. The van der Waals surface area contributed by atoms with Crippen molar-refractivity contribution in [2.75, 3.05) is 13.1 Å². The molecule has 1 aliphatic rings. The van der Waals surface area contributed by atoms with Crippen LogP contribution < -0.4 is 0 Å². The Balaban J connectivity index is 2.34. The molecule has 0 aromatic carbocycles. The van der Waals surface area contributed by atoms with Crippen molar-refractivity contribution in [3.05, 3.63) is 0 Å². The molecule has 1 atom stereocenters. The van der Waals surface area contributed by atoms with Crippen LogP contribution in [0.2, 0.25) is 0 Å². The van der Waals surface area contributed by atoms with Gasteiger partial charge in [0.15, 0.2) is 0 Å². The Morgan fingerprint density at radius 1 is 1.40 bits per heavy atom. The molecule has 0 amide bonds. The third-order valence-electron chi connectivity index (χ3n) is 2.94. The Labute approximate surface area is 64.4 Å². The smallest absolute Gasteiger partial charge is 0.0191 e. The van der Waals surface area contributed by atoms with Crippen molar-refractivity contribution < 1.29 is 0 Å². The number of nitrogens with zero attached hydrogens (tertiary/aromatic N) is 1. The molecule has 0 aliphatic carbocycles. The van der Waals surface area contributed by atoms with E-state index in [9.17, 15) is 0 Å². The Morgan fingerprint density at radius 2 is 2.10 bits per heavy atom. The maximum Gasteiger partial charge on any atom is 0.0191 e. The van der Waals surface area contributed by atoms with Crippen molar-refractivity contribution in [1.29, 1.82) is 0 Å². The number of hydrogen-bond donors (Lipinski definition) is 0. The summed E-state index contributed by atoms with van der Waals surface area (Å²) in [7, 11) is 0. The van der Waals surface area contributed by atoms with Gasteiger partial charge in [0.1, 0.15) is 0 Å². The van der Waals surface area contributed by atoms with E-state index in [1.54, 1.807) is 0 Å². The minimum atomic E-state index is 0.565. The van der Waals surface area contributed by atoms with Crippen molar-refractivity contribution in [3.8, 4) is 0 Å². The Bertz CT molecular complexity index is 107. The highest BCUT2D eigenvalue weighted by Gasteiger charge is 2.37. The van der Waals surface area contributed by atoms with E-state index >= 15 is 0 Å². The number of likely N-dealkylation sites (tertiary alicyclic amines) is 1. The van der Waals surface area contributed by atoms with Gasteiger partial charge < -0.3 is 0 Å². The van der Waals surface area contributed by atoms with Gasteiger partial charge in [-0.05, 0) is 32.7 Å². The van der Waals surface area contributed by atoms with Crippen LogP contribution in [0.1, 0.15) is 40.0 Å². The third kappa shape index (κ3) is 1.20. The van der Waals surface area contributed by atoms with Gasteiger partial charge in [0.25, 0.3) is 0 Å². The van der Waals surface area contributed by atoms with E-state index in [0.717, 1.165) is 0 Å². The molecule has 0 N–H and O–H groups in total. The van der Waals surface area contributed by atoms with Crippen molar-refractivity contribution >= 4 is 0 Å². The second kappa shape index (κ2) is 2.91. The van der Waals surface area contributed by atoms with Crippen LogP contribution in [0.25, 0.3) is 0 Å². The first-order valence-electron chi connectivity index (χ1n) is 4.48. The summed E-state index contributed by atoms with van der Waals surface area (Å²) in [6.07, 6.45) is 4.02. The summed E-state index contributed by atoms with van der Waals surface area (Å²) in [5, 5.41) is 0. The van der Waals surface area contributed by atoms with Gasteiger partial charge in [0.05, 0.1) is 0 Å².